The minimum Gasteiger partial charge on any atom is -0.333 e. The van der Waals surface area contributed by atoms with Gasteiger partial charge in [-0.15, -0.1) is 0 Å². The lowest BCUT2D eigenvalue weighted by Crippen LogP contribution is -2.20. The highest BCUT2D eigenvalue weighted by Gasteiger charge is 2.18. The maximum atomic E-state index is 11.6. The van der Waals surface area contributed by atoms with E-state index in [1.807, 2.05) is 44.2 Å². The molecule has 1 aromatic rings. The summed E-state index contributed by atoms with van der Waals surface area (Å²) in [6, 6.07) is 9.35. The number of hydrogen-bond donors (Lipinski definition) is 2. The first-order valence-corrected chi connectivity index (χ1v) is 6.47. The first kappa shape index (κ1) is 11.4. The van der Waals surface area contributed by atoms with Crippen molar-refractivity contribution in [3.8, 4) is 0 Å². The Bertz CT molecular complexity index is 324. The molecule has 0 aromatic heterocycles. The van der Waals surface area contributed by atoms with Crippen molar-refractivity contribution < 1.29 is 9.46 Å². The zero-order valence-corrected chi connectivity index (χ0v) is 9.37. The van der Waals surface area contributed by atoms with Gasteiger partial charge in [-0.2, -0.15) is 0 Å². The molecule has 0 aliphatic rings. The van der Waals surface area contributed by atoms with Gasteiger partial charge in [0.2, 0.25) is 0 Å². The van der Waals surface area contributed by atoms with Crippen LogP contribution in [0.4, 0.5) is 0 Å². The molecule has 1 rings (SSSR count). The zero-order chi connectivity index (χ0) is 10.6. The smallest absolute Gasteiger partial charge is 0.271 e. The fourth-order valence-corrected chi connectivity index (χ4v) is 2.88. The average Bonchev–Trinajstić information content (AvgIpc) is 2.02. The van der Waals surface area contributed by atoms with Crippen molar-refractivity contribution in [1.29, 1.82) is 0 Å². The number of rotatable bonds is 4. The highest BCUT2D eigenvalue weighted by Crippen LogP contribution is 2.40. The predicted octanol–water partition coefficient (Wildman–Crippen LogP) is 2.37. The van der Waals surface area contributed by atoms with Gasteiger partial charge in [-0.3, -0.25) is 4.57 Å². The third-order valence-corrected chi connectivity index (χ3v) is 3.41. The monoisotopic (exact) mass is 213 g/mol. The summed E-state index contributed by atoms with van der Waals surface area (Å²) in [7, 11) is -3.22. The summed E-state index contributed by atoms with van der Waals surface area (Å²) in [6.45, 7) is 3.71. The van der Waals surface area contributed by atoms with Crippen molar-refractivity contribution in [2.45, 2.75) is 26.1 Å². The van der Waals surface area contributed by atoms with Gasteiger partial charge in [0.25, 0.3) is 7.52 Å². The highest BCUT2D eigenvalue weighted by molar-refractivity contribution is 7.55. The summed E-state index contributed by atoms with van der Waals surface area (Å²) in [5.74, 6) is 0. The molecule has 0 spiro atoms. The van der Waals surface area contributed by atoms with E-state index in [0.29, 0.717) is 0 Å². The second kappa shape index (κ2) is 4.74. The van der Waals surface area contributed by atoms with Crippen LogP contribution in [-0.2, 0) is 10.7 Å². The molecular formula is C10H16NO2P. The fraction of sp³-hybridized carbons (Fsp3) is 0.400. The van der Waals surface area contributed by atoms with E-state index < -0.39 is 7.52 Å². The molecule has 4 heteroatoms. The number of benzene rings is 1. The average molecular weight is 213 g/mol. The van der Waals surface area contributed by atoms with E-state index in [4.69, 9.17) is 0 Å². The van der Waals surface area contributed by atoms with Gasteiger partial charge in [-0.1, -0.05) is 30.3 Å². The Kier molecular flexibility index (Phi) is 3.87. The van der Waals surface area contributed by atoms with E-state index in [1.165, 1.54) is 0 Å². The molecule has 1 atom stereocenters. The fourth-order valence-electron chi connectivity index (χ4n) is 1.28. The SMILES string of the molecule is CC(C)NP(=O)(O)Cc1ccccc1. The van der Waals surface area contributed by atoms with Crippen LogP contribution in [0, 0.1) is 0 Å². The van der Waals surface area contributed by atoms with Gasteiger partial charge in [0.05, 0.1) is 6.16 Å². The molecule has 2 N–H and O–H groups in total. The van der Waals surface area contributed by atoms with Crippen LogP contribution < -0.4 is 5.09 Å². The van der Waals surface area contributed by atoms with Crippen LogP contribution in [0.15, 0.2) is 30.3 Å². The summed E-state index contributed by atoms with van der Waals surface area (Å²) in [4.78, 5) is 9.58. The first-order chi connectivity index (χ1) is 6.49. The van der Waals surface area contributed by atoms with Gasteiger partial charge in [-0.05, 0) is 19.4 Å². The zero-order valence-electron chi connectivity index (χ0n) is 8.47. The van der Waals surface area contributed by atoms with Crippen molar-refractivity contribution in [2.75, 3.05) is 0 Å². The van der Waals surface area contributed by atoms with Gasteiger partial charge in [0.15, 0.2) is 0 Å². The van der Waals surface area contributed by atoms with Gasteiger partial charge in [0.1, 0.15) is 0 Å². The molecule has 0 saturated carbocycles. The van der Waals surface area contributed by atoms with Gasteiger partial charge in [0, 0.05) is 6.04 Å². The van der Waals surface area contributed by atoms with Crippen molar-refractivity contribution in [2.24, 2.45) is 0 Å². The van der Waals surface area contributed by atoms with Crippen LogP contribution in [0.1, 0.15) is 19.4 Å². The summed E-state index contributed by atoms with van der Waals surface area (Å²) in [5, 5.41) is 2.68. The normalized spacial score (nSPS) is 15.4. The van der Waals surface area contributed by atoms with E-state index in [2.05, 4.69) is 5.09 Å². The Morgan fingerprint density at radius 2 is 1.93 bits per heavy atom. The Morgan fingerprint density at radius 3 is 2.43 bits per heavy atom. The lowest BCUT2D eigenvalue weighted by molar-refractivity contribution is 0.453. The van der Waals surface area contributed by atoms with E-state index >= 15 is 0 Å². The molecule has 0 saturated heterocycles. The number of nitrogens with one attached hydrogen (secondary N) is 1. The Hall–Kier alpha value is -0.630. The first-order valence-electron chi connectivity index (χ1n) is 4.63. The van der Waals surface area contributed by atoms with Gasteiger partial charge in [-0.25, -0.2) is 5.09 Å². The Morgan fingerprint density at radius 1 is 1.36 bits per heavy atom. The molecule has 14 heavy (non-hydrogen) atoms. The van der Waals surface area contributed by atoms with Crippen molar-refractivity contribution >= 4 is 7.52 Å². The van der Waals surface area contributed by atoms with Crippen molar-refractivity contribution in [3.05, 3.63) is 35.9 Å². The molecular weight excluding hydrogens is 197 g/mol. The van der Waals surface area contributed by atoms with E-state index in [0.717, 1.165) is 5.56 Å². The molecule has 0 bridgehead atoms. The van der Waals surface area contributed by atoms with Crippen molar-refractivity contribution in [3.63, 3.8) is 0 Å². The van der Waals surface area contributed by atoms with Crippen LogP contribution >= 0.6 is 7.52 Å². The summed E-state index contributed by atoms with van der Waals surface area (Å²) < 4.78 is 11.6. The van der Waals surface area contributed by atoms with Crippen LogP contribution in [0.25, 0.3) is 0 Å². The summed E-state index contributed by atoms with van der Waals surface area (Å²) in [6.07, 6.45) is 0.187. The predicted molar refractivity (Wildman–Crippen MR) is 58.2 cm³/mol. The minimum atomic E-state index is -3.22. The molecule has 0 aliphatic heterocycles. The third kappa shape index (κ3) is 4.05. The molecule has 0 amide bonds. The van der Waals surface area contributed by atoms with Crippen LogP contribution in [0.5, 0.6) is 0 Å². The lowest BCUT2D eigenvalue weighted by atomic mass is 10.2. The summed E-state index contributed by atoms with van der Waals surface area (Å²) >= 11 is 0. The van der Waals surface area contributed by atoms with E-state index in [1.54, 1.807) is 0 Å². The largest absolute Gasteiger partial charge is 0.333 e. The van der Waals surface area contributed by atoms with Gasteiger partial charge >= 0.3 is 0 Å². The minimum absolute atomic E-state index is 0.0227. The topological polar surface area (TPSA) is 49.3 Å². The molecule has 0 heterocycles. The molecule has 0 fully saturated rings. The third-order valence-electron chi connectivity index (χ3n) is 1.70. The Labute approximate surface area is 84.7 Å². The molecule has 78 valence electrons. The lowest BCUT2D eigenvalue weighted by Gasteiger charge is -2.15. The standard InChI is InChI=1S/C10H16NO2P/c1-9(2)11-14(12,13)8-10-6-4-3-5-7-10/h3-7,9H,8H2,1-2H3,(H2,11,12,13). The maximum absolute atomic E-state index is 11.6. The Balaban J connectivity index is 2.64. The van der Waals surface area contributed by atoms with E-state index in [9.17, 15) is 9.46 Å². The molecule has 1 unspecified atom stereocenters. The van der Waals surface area contributed by atoms with E-state index in [-0.39, 0.29) is 12.2 Å². The highest BCUT2D eigenvalue weighted by atomic mass is 31.2. The molecule has 0 radical (unpaired) electrons. The molecule has 0 aliphatic carbocycles. The van der Waals surface area contributed by atoms with Crippen LogP contribution in [-0.4, -0.2) is 10.9 Å². The quantitative estimate of drug-likeness (QED) is 0.755. The summed E-state index contributed by atoms with van der Waals surface area (Å²) in [5.41, 5.74) is 0.881. The van der Waals surface area contributed by atoms with Crippen LogP contribution in [0.3, 0.4) is 0 Å². The van der Waals surface area contributed by atoms with Crippen LogP contribution in [0.2, 0.25) is 0 Å². The second-order valence-electron chi connectivity index (χ2n) is 3.63. The van der Waals surface area contributed by atoms with Gasteiger partial charge < -0.3 is 4.89 Å². The molecule has 3 nitrogen and oxygen atoms in total. The maximum Gasteiger partial charge on any atom is 0.271 e. The van der Waals surface area contributed by atoms with Crippen molar-refractivity contribution in [1.82, 2.24) is 5.09 Å². The number of hydrogen-bond acceptors (Lipinski definition) is 1. The molecule has 1 aromatic carbocycles. The second-order valence-corrected chi connectivity index (χ2v) is 5.61.